The molecule has 1 N–H and O–H groups in total. The van der Waals surface area contributed by atoms with E-state index < -0.39 is 6.10 Å². The predicted octanol–water partition coefficient (Wildman–Crippen LogP) is 3.84. The third-order valence-electron chi connectivity index (χ3n) is 3.56. The first-order chi connectivity index (χ1) is 10.2. The Labute approximate surface area is 126 Å². The number of rotatable bonds is 7. The van der Waals surface area contributed by atoms with E-state index in [1.165, 1.54) is 0 Å². The van der Waals surface area contributed by atoms with E-state index in [0.717, 1.165) is 16.7 Å². The van der Waals surface area contributed by atoms with Gasteiger partial charge in [-0.05, 0) is 23.6 Å². The molecule has 21 heavy (non-hydrogen) atoms. The zero-order valence-electron chi connectivity index (χ0n) is 12.4. The number of ether oxygens (including phenoxy) is 1. The highest BCUT2D eigenvalue weighted by molar-refractivity contribution is 5.47. The van der Waals surface area contributed by atoms with Gasteiger partial charge in [-0.15, -0.1) is 0 Å². The molecule has 0 saturated heterocycles. The van der Waals surface area contributed by atoms with Crippen LogP contribution < -0.4 is 0 Å². The summed E-state index contributed by atoms with van der Waals surface area (Å²) in [5.41, 5.74) is 3.30. The Hall–Kier alpha value is -1.90. The Bertz CT molecular complexity index is 546. The molecule has 0 aliphatic carbocycles. The standard InChI is InChI=1S/C19H22O2/c1-3-16-9-11-17(12-10-16)13-19(20)15(2)21-14-18-7-5-4-6-8-18/h3-12,15,19-20H,1,13-14H2,2H3/t15-,19-/m0/s1. The van der Waals surface area contributed by atoms with Gasteiger partial charge in [-0.1, -0.05) is 67.3 Å². The van der Waals surface area contributed by atoms with E-state index in [1.807, 2.05) is 67.6 Å². The number of hydrogen-bond donors (Lipinski definition) is 1. The fourth-order valence-electron chi connectivity index (χ4n) is 2.11. The van der Waals surface area contributed by atoms with Crippen LogP contribution in [0.15, 0.2) is 61.2 Å². The summed E-state index contributed by atoms with van der Waals surface area (Å²) >= 11 is 0. The summed E-state index contributed by atoms with van der Waals surface area (Å²) in [6, 6.07) is 18.0. The maximum Gasteiger partial charge on any atom is 0.0839 e. The second-order valence-corrected chi connectivity index (χ2v) is 5.22. The van der Waals surface area contributed by atoms with E-state index in [9.17, 15) is 5.11 Å². The highest BCUT2D eigenvalue weighted by atomic mass is 16.5. The molecule has 0 bridgehead atoms. The lowest BCUT2D eigenvalue weighted by molar-refractivity contribution is -0.0344. The van der Waals surface area contributed by atoms with Gasteiger partial charge in [0.1, 0.15) is 0 Å². The van der Waals surface area contributed by atoms with Crippen molar-refractivity contribution in [2.24, 2.45) is 0 Å². The molecular formula is C19H22O2. The third kappa shape index (κ3) is 4.85. The highest BCUT2D eigenvalue weighted by Gasteiger charge is 2.15. The molecule has 0 radical (unpaired) electrons. The summed E-state index contributed by atoms with van der Waals surface area (Å²) < 4.78 is 5.74. The molecule has 0 fully saturated rings. The van der Waals surface area contributed by atoms with Gasteiger partial charge in [0.15, 0.2) is 0 Å². The molecule has 0 unspecified atom stereocenters. The number of aliphatic hydroxyl groups is 1. The molecule has 2 aromatic rings. The van der Waals surface area contributed by atoms with E-state index in [4.69, 9.17) is 4.74 Å². The van der Waals surface area contributed by atoms with Crippen LogP contribution in [0, 0.1) is 0 Å². The maximum absolute atomic E-state index is 10.2. The quantitative estimate of drug-likeness (QED) is 0.836. The van der Waals surface area contributed by atoms with Crippen molar-refractivity contribution in [1.82, 2.24) is 0 Å². The summed E-state index contributed by atoms with van der Waals surface area (Å²) in [5.74, 6) is 0. The second kappa shape index (κ2) is 7.77. The van der Waals surface area contributed by atoms with Crippen molar-refractivity contribution in [2.75, 3.05) is 0 Å². The van der Waals surface area contributed by atoms with E-state index in [2.05, 4.69) is 6.58 Å². The van der Waals surface area contributed by atoms with Crippen molar-refractivity contribution in [3.8, 4) is 0 Å². The minimum Gasteiger partial charge on any atom is -0.390 e. The van der Waals surface area contributed by atoms with Gasteiger partial charge < -0.3 is 9.84 Å². The topological polar surface area (TPSA) is 29.5 Å². The summed E-state index contributed by atoms with van der Waals surface area (Å²) in [6.45, 7) is 6.16. The molecule has 0 aliphatic heterocycles. The van der Waals surface area contributed by atoms with Crippen molar-refractivity contribution < 1.29 is 9.84 Å². The minimum absolute atomic E-state index is 0.204. The predicted molar refractivity (Wildman–Crippen MR) is 86.9 cm³/mol. The Kier molecular flexibility index (Phi) is 5.73. The minimum atomic E-state index is -0.511. The average molecular weight is 282 g/mol. The largest absolute Gasteiger partial charge is 0.390 e. The van der Waals surface area contributed by atoms with Crippen LogP contribution in [-0.4, -0.2) is 17.3 Å². The summed E-state index contributed by atoms with van der Waals surface area (Å²) in [5, 5.41) is 10.2. The molecule has 0 aliphatic rings. The highest BCUT2D eigenvalue weighted by Crippen LogP contribution is 2.12. The molecule has 0 saturated carbocycles. The Morgan fingerprint density at radius 3 is 2.33 bits per heavy atom. The summed E-state index contributed by atoms with van der Waals surface area (Å²) in [7, 11) is 0. The lowest BCUT2D eigenvalue weighted by Gasteiger charge is -2.19. The zero-order chi connectivity index (χ0) is 15.1. The fourth-order valence-corrected chi connectivity index (χ4v) is 2.11. The fraction of sp³-hybridized carbons (Fsp3) is 0.263. The van der Waals surface area contributed by atoms with Crippen LogP contribution in [0.5, 0.6) is 0 Å². The molecule has 110 valence electrons. The normalized spacial score (nSPS) is 13.6. The van der Waals surface area contributed by atoms with E-state index in [0.29, 0.717) is 13.0 Å². The molecule has 2 heteroatoms. The molecule has 2 rings (SSSR count). The molecule has 0 spiro atoms. The van der Waals surface area contributed by atoms with Crippen LogP contribution >= 0.6 is 0 Å². The van der Waals surface area contributed by atoms with Crippen molar-refractivity contribution in [2.45, 2.75) is 32.2 Å². The monoisotopic (exact) mass is 282 g/mol. The number of benzene rings is 2. The van der Waals surface area contributed by atoms with E-state index in [1.54, 1.807) is 0 Å². The van der Waals surface area contributed by atoms with Crippen LogP contribution in [0.3, 0.4) is 0 Å². The smallest absolute Gasteiger partial charge is 0.0839 e. The molecule has 2 aromatic carbocycles. The molecule has 2 nitrogen and oxygen atoms in total. The SMILES string of the molecule is C=Cc1ccc(C[C@H](O)[C@H](C)OCc2ccccc2)cc1. The Morgan fingerprint density at radius 1 is 1.05 bits per heavy atom. The molecule has 0 aromatic heterocycles. The number of aliphatic hydroxyl groups excluding tert-OH is 1. The molecule has 2 atom stereocenters. The van der Waals surface area contributed by atoms with Gasteiger partial charge in [0.2, 0.25) is 0 Å². The van der Waals surface area contributed by atoms with Crippen LogP contribution in [0.25, 0.3) is 6.08 Å². The maximum atomic E-state index is 10.2. The first kappa shape index (κ1) is 15.5. The van der Waals surface area contributed by atoms with Gasteiger partial charge in [-0.2, -0.15) is 0 Å². The lowest BCUT2D eigenvalue weighted by Crippen LogP contribution is -2.28. The second-order valence-electron chi connectivity index (χ2n) is 5.22. The average Bonchev–Trinajstić information content (AvgIpc) is 2.54. The van der Waals surface area contributed by atoms with Gasteiger partial charge in [0.05, 0.1) is 18.8 Å². The van der Waals surface area contributed by atoms with Gasteiger partial charge in [-0.3, -0.25) is 0 Å². The third-order valence-corrected chi connectivity index (χ3v) is 3.56. The van der Waals surface area contributed by atoms with E-state index in [-0.39, 0.29) is 6.10 Å². The molecule has 0 amide bonds. The van der Waals surface area contributed by atoms with Gasteiger partial charge in [0.25, 0.3) is 0 Å². The Morgan fingerprint density at radius 2 is 1.71 bits per heavy atom. The Balaban J connectivity index is 1.84. The first-order valence-electron chi connectivity index (χ1n) is 7.24. The van der Waals surface area contributed by atoms with Gasteiger partial charge >= 0.3 is 0 Å². The van der Waals surface area contributed by atoms with Crippen molar-refractivity contribution in [3.05, 3.63) is 77.9 Å². The first-order valence-corrected chi connectivity index (χ1v) is 7.24. The van der Waals surface area contributed by atoms with Crippen molar-refractivity contribution >= 4 is 6.08 Å². The zero-order valence-corrected chi connectivity index (χ0v) is 12.4. The van der Waals surface area contributed by atoms with Crippen molar-refractivity contribution in [3.63, 3.8) is 0 Å². The van der Waals surface area contributed by atoms with E-state index >= 15 is 0 Å². The van der Waals surface area contributed by atoms with Gasteiger partial charge in [0, 0.05) is 6.42 Å². The van der Waals surface area contributed by atoms with Crippen LogP contribution in [-0.2, 0) is 17.8 Å². The number of hydrogen-bond acceptors (Lipinski definition) is 2. The van der Waals surface area contributed by atoms with Crippen LogP contribution in [0.1, 0.15) is 23.6 Å². The summed E-state index contributed by atoms with van der Waals surface area (Å²) in [4.78, 5) is 0. The van der Waals surface area contributed by atoms with Crippen LogP contribution in [0.2, 0.25) is 0 Å². The summed E-state index contributed by atoms with van der Waals surface area (Å²) in [6.07, 6.45) is 1.69. The van der Waals surface area contributed by atoms with Gasteiger partial charge in [-0.25, -0.2) is 0 Å². The molecular weight excluding hydrogens is 260 g/mol. The molecule has 0 heterocycles. The van der Waals surface area contributed by atoms with Crippen LogP contribution in [0.4, 0.5) is 0 Å². The lowest BCUT2D eigenvalue weighted by atomic mass is 10.0. The van der Waals surface area contributed by atoms with Crippen molar-refractivity contribution in [1.29, 1.82) is 0 Å².